The average molecular weight is 375 g/mol. The molecule has 0 aliphatic carbocycles. The molecule has 2 N–H and O–H groups in total. The molecule has 1 amide bonds. The van der Waals surface area contributed by atoms with Gasteiger partial charge < -0.3 is 5.32 Å². The van der Waals surface area contributed by atoms with Crippen LogP contribution >= 0.6 is 22.9 Å². The molecule has 0 aliphatic heterocycles. The maximum atomic E-state index is 12.3. The molecule has 25 heavy (non-hydrogen) atoms. The Labute approximate surface area is 153 Å². The summed E-state index contributed by atoms with van der Waals surface area (Å²) in [5, 5.41) is 3.25. The highest BCUT2D eigenvalue weighted by Crippen LogP contribution is 2.19. The zero-order chi connectivity index (χ0) is 17.5. The van der Waals surface area contributed by atoms with Gasteiger partial charge in [-0.2, -0.15) is 0 Å². The van der Waals surface area contributed by atoms with Gasteiger partial charge in [-0.3, -0.25) is 14.6 Å². The van der Waals surface area contributed by atoms with Gasteiger partial charge in [0.2, 0.25) is 0 Å². The van der Waals surface area contributed by atoms with Crippen LogP contribution in [0, 0.1) is 0 Å². The molecule has 3 rings (SSSR count). The fourth-order valence-electron chi connectivity index (χ4n) is 2.11. The third-order valence-electron chi connectivity index (χ3n) is 3.31. The minimum Gasteiger partial charge on any atom is -0.380 e. The normalized spacial score (nSPS) is 10.4. The Morgan fingerprint density at radius 1 is 1.20 bits per heavy atom. The fourth-order valence-corrected chi connectivity index (χ4v) is 3.00. The molecule has 0 unspecified atom stereocenters. The molecule has 0 spiro atoms. The maximum Gasteiger partial charge on any atom is 0.276 e. The third-order valence-corrected chi connectivity index (χ3v) is 4.40. The summed E-state index contributed by atoms with van der Waals surface area (Å²) in [5.41, 5.74) is 4.74. The van der Waals surface area contributed by atoms with E-state index in [0.29, 0.717) is 16.6 Å². The number of carbonyl (C=O) groups excluding carboxylic acids is 1. The lowest BCUT2D eigenvalue weighted by Crippen LogP contribution is -2.24. The minimum absolute atomic E-state index is 0.211. The van der Waals surface area contributed by atoms with E-state index in [1.165, 1.54) is 11.3 Å². The minimum atomic E-state index is -0.326. The summed E-state index contributed by atoms with van der Waals surface area (Å²) in [6.45, 7) is 0.801. The van der Waals surface area contributed by atoms with E-state index in [1.54, 1.807) is 30.7 Å². The number of hydroxylamine groups is 1. The van der Waals surface area contributed by atoms with Crippen LogP contribution in [0.25, 0.3) is 0 Å². The summed E-state index contributed by atoms with van der Waals surface area (Å²) in [4.78, 5) is 26.3. The number of nitrogens with zero attached hydrogens (tertiary/aromatic N) is 2. The lowest BCUT2D eigenvalue weighted by atomic mass is 10.1. The van der Waals surface area contributed by atoms with Crippen LogP contribution < -0.4 is 10.8 Å². The van der Waals surface area contributed by atoms with Crippen molar-refractivity contribution in [3.63, 3.8) is 0 Å². The number of pyridine rings is 1. The molecule has 0 radical (unpaired) electrons. The third kappa shape index (κ3) is 4.99. The van der Waals surface area contributed by atoms with Gasteiger partial charge in [-0.05, 0) is 29.8 Å². The van der Waals surface area contributed by atoms with Gasteiger partial charge in [0.25, 0.3) is 5.91 Å². The highest BCUT2D eigenvalue weighted by Gasteiger charge is 2.11. The fraction of sp³-hybridized carbons (Fsp3) is 0.118. The van der Waals surface area contributed by atoms with E-state index in [1.807, 2.05) is 24.3 Å². The topological polar surface area (TPSA) is 76.1 Å². The molecule has 0 fully saturated rings. The van der Waals surface area contributed by atoms with Crippen molar-refractivity contribution in [1.29, 1.82) is 0 Å². The number of amides is 1. The van der Waals surface area contributed by atoms with E-state index in [9.17, 15) is 4.79 Å². The van der Waals surface area contributed by atoms with Crippen molar-refractivity contribution in [2.45, 2.75) is 13.2 Å². The number of aromatic nitrogens is 2. The van der Waals surface area contributed by atoms with E-state index in [0.717, 1.165) is 16.1 Å². The molecule has 6 nitrogen and oxygen atoms in total. The van der Waals surface area contributed by atoms with E-state index in [-0.39, 0.29) is 12.5 Å². The lowest BCUT2D eigenvalue weighted by Gasteiger charge is -2.12. The van der Waals surface area contributed by atoms with Crippen LogP contribution in [-0.4, -0.2) is 15.9 Å². The number of thiazole rings is 1. The first-order chi connectivity index (χ1) is 12.2. The summed E-state index contributed by atoms with van der Waals surface area (Å²) in [5.74, 6) is -0.326. The first-order valence-corrected chi connectivity index (χ1v) is 8.66. The Balaban J connectivity index is 1.58. The molecule has 0 aliphatic rings. The Kier molecular flexibility index (Phi) is 5.95. The van der Waals surface area contributed by atoms with Crippen LogP contribution in [0.2, 0.25) is 4.47 Å². The first-order valence-electron chi connectivity index (χ1n) is 7.46. The number of carbonyl (C=O) groups is 1. The smallest absolute Gasteiger partial charge is 0.276 e. The van der Waals surface area contributed by atoms with Crippen molar-refractivity contribution >= 4 is 34.5 Å². The zero-order valence-corrected chi connectivity index (χ0v) is 14.7. The van der Waals surface area contributed by atoms with E-state index in [4.69, 9.17) is 16.4 Å². The molecule has 0 saturated heterocycles. The Morgan fingerprint density at radius 2 is 2.00 bits per heavy atom. The highest BCUT2D eigenvalue weighted by molar-refractivity contribution is 7.15. The lowest BCUT2D eigenvalue weighted by molar-refractivity contribution is 0.0243. The van der Waals surface area contributed by atoms with Gasteiger partial charge in [0, 0.05) is 30.8 Å². The van der Waals surface area contributed by atoms with Crippen LogP contribution in [0.1, 0.15) is 20.8 Å². The largest absolute Gasteiger partial charge is 0.380 e. The molecule has 0 bridgehead atoms. The van der Waals surface area contributed by atoms with Crippen molar-refractivity contribution in [1.82, 2.24) is 15.4 Å². The van der Waals surface area contributed by atoms with Gasteiger partial charge in [0.1, 0.15) is 6.61 Å². The number of nitrogens with one attached hydrogen (secondary N) is 2. The van der Waals surface area contributed by atoms with Gasteiger partial charge in [0.05, 0.1) is 10.4 Å². The number of halogens is 1. The predicted molar refractivity (Wildman–Crippen MR) is 97.4 cm³/mol. The van der Waals surface area contributed by atoms with Crippen molar-refractivity contribution in [2.24, 2.45) is 0 Å². The van der Waals surface area contributed by atoms with Crippen LogP contribution in [-0.2, 0) is 18.0 Å². The molecule has 0 saturated carbocycles. The predicted octanol–water partition coefficient (Wildman–Crippen LogP) is 3.67. The van der Waals surface area contributed by atoms with Crippen LogP contribution in [0.15, 0.2) is 55.0 Å². The molecule has 8 heteroatoms. The second kappa shape index (κ2) is 8.57. The van der Waals surface area contributed by atoms with E-state index < -0.39 is 0 Å². The Morgan fingerprint density at radius 3 is 2.76 bits per heavy atom. The summed E-state index contributed by atoms with van der Waals surface area (Å²) in [6.07, 6.45) is 5.08. The second-order valence-corrected chi connectivity index (χ2v) is 6.75. The number of benzene rings is 1. The van der Waals surface area contributed by atoms with Gasteiger partial charge in [-0.25, -0.2) is 10.5 Å². The summed E-state index contributed by atoms with van der Waals surface area (Å²) >= 11 is 7.06. The van der Waals surface area contributed by atoms with Crippen molar-refractivity contribution in [3.05, 3.63) is 75.5 Å². The second-order valence-electron chi connectivity index (χ2n) is 5.05. The number of rotatable bonds is 7. The highest BCUT2D eigenvalue weighted by atomic mass is 35.5. The molecule has 1 aromatic carbocycles. The van der Waals surface area contributed by atoms with Gasteiger partial charge in [0.15, 0.2) is 4.47 Å². The molecular weight excluding hydrogens is 360 g/mol. The Bertz CT molecular complexity index is 841. The standard InChI is InChI=1S/C17H15ClN4O2S/c18-17-21-10-13(25-17)11-24-22-16(23)14-3-1-2-4-15(14)20-9-12-5-7-19-8-6-12/h1-8,10,20H,9,11H2,(H,22,23). The summed E-state index contributed by atoms with van der Waals surface area (Å²) < 4.78 is 0.440. The van der Waals surface area contributed by atoms with Crippen molar-refractivity contribution in [3.8, 4) is 0 Å². The van der Waals surface area contributed by atoms with Gasteiger partial charge >= 0.3 is 0 Å². The average Bonchev–Trinajstić information content (AvgIpc) is 3.06. The van der Waals surface area contributed by atoms with Crippen molar-refractivity contribution in [2.75, 3.05) is 5.32 Å². The van der Waals surface area contributed by atoms with Crippen molar-refractivity contribution < 1.29 is 9.63 Å². The molecule has 2 heterocycles. The molecular formula is C17H15ClN4O2S. The summed E-state index contributed by atoms with van der Waals surface area (Å²) in [7, 11) is 0. The van der Waals surface area contributed by atoms with Crippen LogP contribution in [0.4, 0.5) is 5.69 Å². The number of anilines is 1. The summed E-state index contributed by atoms with van der Waals surface area (Å²) in [6, 6.07) is 11.1. The quantitative estimate of drug-likeness (QED) is 0.617. The number of hydrogen-bond acceptors (Lipinski definition) is 6. The SMILES string of the molecule is O=C(NOCc1cnc(Cl)s1)c1ccccc1NCc1ccncc1. The molecule has 128 valence electrons. The monoisotopic (exact) mass is 374 g/mol. The van der Waals surface area contributed by atoms with Gasteiger partial charge in [-0.15, -0.1) is 11.3 Å². The first kappa shape index (κ1) is 17.3. The molecule has 2 aromatic heterocycles. The van der Waals surface area contributed by atoms with Crippen LogP contribution in [0.3, 0.4) is 0 Å². The zero-order valence-electron chi connectivity index (χ0n) is 13.1. The van der Waals surface area contributed by atoms with Crippen LogP contribution in [0.5, 0.6) is 0 Å². The number of hydrogen-bond donors (Lipinski definition) is 2. The van der Waals surface area contributed by atoms with E-state index >= 15 is 0 Å². The molecule has 0 atom stereocenters. The van der Waals surface area contributed by atoms with E-state index in [2.05, 4.69) is 20.8 Å². The van der Waals surface area contributed by atoms with Gasteiger partial charge in [-0.1, -0.05) is 23.7 Å². The number of para-hydroxylation sites is 1. The Hall–Kier alpha value is -2.48. The maximum absolute atomic E-state index is 12.3. The molecule has 3 aromatic rings.